The molecule has 2 aromatic heterocycles. The number of hydrogen-bond donors (Lipinski definition) is 0. The van der Waals surface area contributed by atoms with E-state index in [2.05, 4.69) is 20.1 Å². The molecule has 0 N–H and O–H groups in total. The molecule has 0 fully saturated rings. The second kappa shape index (κ2) is 7.45. The molecule has 4 rings (SSSR count). The Kier molecular flexibility index (Phi) is 4.70. The van der Waals surface area contributed by atoms with Gasteiger partial charge in [-0.15, -0.1) is 0 Å². The van der Waals surface area contributed by atoms with Crippen LogP contribution in [-0.4, -0.2) is 30.5 Å². The van der Waals surface area contributed by atoms with Crippen LogP contribution < -0.4 is 0 Å². The molecule has 1 atom stereocenters. The average Bonchev–Trinajstić information content (AvgIpc) is 3.22. The minimum absolute atomic E-state index is 0.0562. The molecule has 0 aliphatic rings. The number of nitrogens with zero attached hydrogens (tertiary/aromatic N) is 5. The number of benzene rings is 2. The first-order valence-electron chi connectivity index (χ1n) is 8.91. The molecule has 27 heavy (non-hydrogen) atoms. The number of aromatic nitrogens is 5. The summed E-state index contributed by atoms with van der Waals surface area (Å²) >= 11 is 0. The summed E-state index contributed by atoms with van der Waals surface area (Å²) in [6.07, 6.45) is 5.95. The van der Waals surface area contributed by atoms with Crippen LogP contribution in [0.15, 0.2) is 67.3 Å². The molecular weight excluding hydrogens is 338 g/mol. The van der Waals surface area contributed by atoms with Crippen molar-refractivity contribution in [1.82, 2.24) is 24.7 Å². The van der Waals surface area contributed by atoms with Gasteiger partial charge in [-0.1, -0.05) is 43.3 Å². The summed E-state index contributed by atoms with van der Waals surface area (Å²) in [5.74, 6) is 1.43. The Hall–Kier alpha value is -3.41. The molecule has 0 aliphatic carbocycles. The molecule has 0 spiro atoms. The lowest BCUT2D eigenvalue weighted by Gasteiger charge is -2.11. The SMILES string of the molecule is C[C@H](CCC(=O)c1ccc2ccccc2c1)c1ncnn1-c1ncccn1. The van der Waals surface area contributed by atoms with Gasteiger partial charge in [-0.05, 0) is 29.3 Å². The van der Waals surface area contributed by atoms with Crippen molar-refractivity contribution in [3.8, 4) is 5.95 Å². The fraction of sp³-hybridized carbons (Fsp3) is 0.190. The summed E-state index contributed by atoms with van der Waals surface area (Å²) in [6.45, 7) is 2.04. The van der Waals surface area contributed by atoms with Gasteiger partial charge in [0.2, 0.25) is 0 Å². The van der Waals surface area contributed by atoms with Crippen molar-refractivity contribution in [2.24, 2.45) is 0 Å². The van der Waals surface area contributed by atoms with E-state index in [1.165, 1.54) is 6.33 Å². The predicted molar refractivity (Wildman–Crippen MR) is 103 cm³/mol. The van der Waals surface area contributed by atoms with Crippen LogP contribution >= 0.6 is 0 Å². The van der Waals surface area contributed by atoms with Crippen molar-refractivity contribution in [2.45, 2.75) is 25.7 Å². The Bertz CT molecular complexity index is 1070. The van der Waals surface area contributed by atoms with Crippen LogP contribution in [0.2, 0.25) is 0 Å². The van der Waals surface area contributed by atoms with E-state index < -0.39 is 0 Å². The molecule has 0 saturated heterocycles. The van der Waals surface area contributed by atoms with E-state index in [9.17, 15) is 4.79 Å². The van der Waals surface area contributed by atoms with E-state index in [1.807, 2.05) is 49.4 Å². The Morgan fingerprint density at radius 2 is 1.78 bits per heavy atom. The molecule has 2 aromatic carbocycles. The van der Waals surface area contributed by atoms with Crippen LogP contribution in [0.1, 0.15) is 41.9 Å². The largest absolute Gasteiger partial charge is 0.294 e. The van der Waals surface area contributed by atoms with E-state index in [4.69, 9.17) is 0 Å². The van der Waals surface area contributed by atoms with E-state index in [-0.39, 0.29) is 11.7 Å². The fourth-order valence-electron chi connectivity index (χ4n) is 3.12. The lowest BCUT2D eigenvalue weighted by atomic mass is 9.98. The third kappa shape index (κ3) is 3.60. The zero-order chi connectivity index (χ0) is 18.6. The van der Waals surface area contributed by atoms with Crippen molar-refractivity contribution >= 4 is 16.6 Å². The maximum Gasteiger partial charge on any atom is 0.252 e. The summed E-state index contributed by atoms with van der Waals surface area (Å²) in [5.41, 5.74) is 0.744. The van der Waals surface area contributed by atoms with Crippen LogP contribution in [0.3, 0.4) is 0 Å². The summed E-state index contributed by atoms with van der Waals surface area (Å²) in [6, 6.07) is 15.7. The Morgan fingerprint density at radius 1 is 1.00 bits per heavy atom. The lowest BCUT2D eigenvalue weighted by molar-refractivity contribution is 0.0977. The molecule has 6 heteroatoms. The summed E-state index contributed by atoms with van der Waals surface area (Å²) in [4.78, 5) is 25.4. The number of fused-ring (bicyclic) bond motifs is 1. The van der Waals surface area contributed by atoms with Crippen LogP contribution in [0, 0.1) is 0 Å². The molecule has 6 nitrogen and oxygen atoms in total. The fourth-order valence-corrected chi connectivity index (χ4v) is 3.12. The first kappa shape index (κ1) is 17.0. The van der Waals surface area contributed by atoms with Crippen molar-refractivity contribution in [2.75, 3.05) is 0 Å². The van der Waals surface area contributed by atoms with Crippen LogP contribution in [0.5, 0.6) is 0 Å². The molecule has 0 saturated carbocycles. The third-order valence-corrected chi connectivity index (χ3v) is 4.63. The van der Waals surface area contributed by atoms with E-state index in [0.29, 0.717) is 18.8 Å². The normalized spacial score (nSPS) is 12.2. The first-order chi connectivity index (χ1) is 13.2. The molecule has 0 bridgehead atoms. The molecule has 0 amide bonds. The van der Waals surface area contributed by atoms with Gasteiger partial charge in [-0.25, -0.2) is 15.0 Å². The summed E-state index contributed by atoms with van der Waals surface area (Å²) in [5, 5.41) is 6.44. The third-order valence-electron chi connectivity index (χ3n) is 4.63. The van der Waals surface area contributed by atoms with Crippen molar-refractivity contribution in [3.05, 3.63) is 78.6 Å². The van der Waals surface area contributed by atoms with Crippen LogP contribution in [0.4, 0.5) is 0 Å². The highest BCUT2D eigenvalue weighted by molar-refractivity contribution is 5.99. The van der Waals surface area contributed by atoms with Crippen molar-refractivity contribution in [1.29, 1.82) is 0 Å². The van der Waals surface area contributed by atoms with Gasteiger partial charge in [0.05, 0.1) is 0 Å². The maximum absolute atomic E-state index is 12.6. The molecule has 0 radical (unpaired) electrons. The highest BCUT2D eigenvalue weighted by Gasteiger charge is 2.17. The quantitative estimate of drug-likeness (QED) is 0.488. The van der Waals surface area contributed by atoms with Crippen molar-refractivity contribution in [3.63, 3.8) is 0 Å². The Morgan fingerprint density at radius 3 is 2.59 bits per heavy atom. The predicted octanol–water partition coefficient (Wildman–Crippen LogP) is 3.98. The molecule has 0 unspecified atom stereocenters. The molecular formula is C21H19N5O. The first-order valence-corrected chi connectivity index (χ1v) is 8.91. The Balaban J connectivity index is 1.47. The monoisotopic (exact) mass is 357 g/mol. The minimum atomic E-state index is 0.0562. The van der Waals surface area contributed by atoms with Gasteiger partial charge < -0.3 is 0 Å². The number of ketones is 1. The highest BCUT2D eigenvalue weighted by atomic mass is 16.1. The zero-order valence-corrected chi connectivity index (χ0v) is 15.0. The molecule has 134 valence electrons. The maximum atomic E-state index is 12.6. The second-order valence-corrected chi connectivity index (χ2v) is 6.50. The van der Waals surface area contributed by atoms with Gasteiger partial charge in [0, 0.05) is 30.3 Å². The number of Topliss-reactive ketones (excluding diaryl/α,β-unsaturated/α-hetero) is 1. The molecule has 0 aliphatic heterocycles. The van der Waals surface area contributed by atoms with Crippen LogP contribution in [-0.2, 0) is 0 Å². The van der Waals surface area contributed by atoms with Gasteiger partial charge in [-0.3, -0.25) is 4.79 Å². The van der Waals surface area contributed by atoms with Crippen LogP contribution in [0.25, 0.3) is 16.7 Å². The van der Waals surface area contributed by atoms with Gasteiger partial charge in [0.1, 0.15) is 12.2 Å². The number of hydrogen-bond acceptors (Lipinski definition) is 5. The summed E-state index contributed by atoms with van der Waals surface area (Å²) in [7, 11) is 0. The van der Waals surface area contributed by atoms with Gasteiger partial charge in [0.25, 0.3) is 5.95 Å². The zero-order valence-electron chi connectivity index (χ0n) is 15.0. The topological polar surface area (TPSA) is 73.6 Å². The lowest BCUT2D eigenvalue weighted by Crippen LogP contribution is -2.11. The minimum Gasteiger partial charge on any atom is -0.294 e. The van der Waals surface area contributed by atoms with Gasteiger partial charge in [0.15, 0.2) is 5.78 Å². The number of carbonyl (C=O) groups is 1. The van der Waals surface area contributed by atoms with E-state index >= 15 is 0 Å². The molecule has 4 aromatic rings. The van der Waals surface area contributed by atoms with Gasteiger partial charge >= 0.3 is 0 Å². The summed E-state index contributed by atoms with van der Waals surface area (Å²) < 4.78 is 1.63. The van der Waals surface area contributed by atoms with Gasteiger partial charge in [-0.2, -0.15) is 9.78 Å². The second-order valence-electron chi connectivity index (χ2n) is 6.50. The number of carbonyl (C=O) groups excluding carboxylic acids is 1. The van der Waals surface area contributed by atoms with E-state index in [1.54, 1.807) is 23.1 Å². The highest BCUT2D eigenvalue weighted by Crippen LogP contribution is 2.22. The smallest absolute Gasteiger partial charge is 0.252 e. The Labute approximate surface area is 156 Å². The average molecular weight is 357 g/mol. The van der Waals surface area contributed by atoms with E-state index in [0.717, 1.165) is 22.2 Å². The standard InChI is InChI=1S/C21H19N5O/c1-15(20-24-14-25-26(20)21-22-11-4-12-23-21)7-10-19(27)18-9-8-16-5-2-3-6-17(16)13-18/h2-6,8-9,11-15H,7,10H2,1H3/t15-/m1/s1. The van der Waals surface area contributed by atoms with Crippen molar-refractivity contribution < 1.29 is 4.79 Å². The molecule has 2 heterocycles. The number of rotatable bonds is 6.